The van der Waals surface area contributed by atoms with Gasteiger partial charge in [0.25, 0.3) is 5.91 Å². The van der Waals surface area contributed by atoms with E-state index in [0.717, 1.165) is 15.2 Å². The first-order chi connectivity index (χ1) is 15.8. The summed E-state index contributed by atoms with van der Waals surface area (Å²) in [6, 6.07) is 15.4. The summed E-state index contributed by atoms with van der Waals surface area (Å²) < 4.78 is 35.1. The van der Waals surface area contributed by atoms with Gasteiger partial charge in [0.05, 0.1) is 15.7 Å². The van der Waals surface area contributed by atoms with Crippen molar-refractivity contribution in [3.63, 3.8) is 0 Å². The van der Waals surface area contributed by atoms with Crippen LogP contribution in [0.4, 0.5) is 20.2 Å². The summed E-state index contributed by atoms with van der Waals surface area (Å²) in [6.07, 6.45) is -1.03. The van der Waals surface area contributed by atoms with Crippen molar-refractivity contribution in [2.45, 2.75) is 13.0 Å². The molecule has 3 aromatic carbocycles. The molecule has 0 saturated carbocycles. The highest BCUT2D eigenvalue weighted by atomic mass is 127. The van der Waals surface area contributed by atoms with Gasteiger partial charge >= 0.3 is 0 Å². The number of anilines is 2. The number of para-hydroxylation sites is 1. The van der Waals surface area contributed by atoms with Gasteiger partial charge < -0.3 is 15.2 Å². The summed E-state index contributed by atoms with van der Waals surface area (Å²) in [5.41, 5.74) is 2.92. The third-order valence-corrected chi connectivity index (χ3v) is 5.73. The molecule has 0 aliphatic rings. The minimum absolute atomic E-state index is 0.0600. The number of nitrogens with one attached hydrogen (secondary N) is 2. The maximum Gasteiger partial charge on any atom is 0.277 e. The van der Waals surface area contributed by atoms with Gasteiger partial charge in [-0.1, -0.05) is 18.2 Å². The molecule has 0 aliphatic carbocycles. The number of hydrogen-bond acceptors (Lipinski definition) is 5. The molecular formula is C23H20BrF2IN2O4. The number of aryl methyl sites for hydroxylation is 1. The summed E-state index contributed by atoms with van der Waals surface area (Å²) in [5, 5.41) is 12.8. The van der Waals surface area contributed by atoms with E-state index in [2.05, 4.69) is 49.3 Å². The summed E-state index contributed by atoms with van der Waals surface area (Å²) >= 11 is 5.06. The number of amides is 1. The summed E-state index contributed by atoms with van der Waals surface area (Å²) in [7, 11) is 0. The topological polar surface area (TPSA) is 79.8 Å². The van der Waals surface area contributed by atoms with Gasteiger partial charge in [0.2, 0.25) is 0 Å². The first-order valence-electron chi connectivity index (χ1n) is 9.75. The van der Waals surface area contributed by atoms with E-state index < -0.39 is 23.6 Å². The number of hydrogen-bond donors (Lipinski definition) is 3. The van der Waals surface area contributed by atoms with Crippen LogP contribution in [0.5, 0.6) is 5.75 Å². The number of carbonyl (C=O) groups is 1. The number of benzene rings is 3. The highest BCUT2D eigenvalue weighted by Gasteiger charge is 2.23. The second kappa shape index (κ2) is 11.7. The Kier molecular flexibility index (Phi) is 9.01. The molecule has 0 heterocycles. The van der Waals surface area contributed by atoms with Gasteiger partial charge in [-0.15, -0.1) is 0 Å². The Morgan fingerprint density at radius 2 is 1.85 bits per heavy atom. The molecule has 0 fully saturated rings. The quantitative estimate of drug-likeness (QED) is 0.165. The van der Waals surface area contributed by atoms with Gasteiger partial charge in [0.1, 0.15) is 25.1 Å². The molecule has 174 valence electrons. The predicted molar refractivity (Wildman–Crippen MR) is 133 cm³/mol. The molecule has 3 rings (SSSR count). The highest BCUT2D eigenvalue weighted by molar-refractivity contribution is 14.1. The summed E-state index contributed by atoms with van der Waals surface area (Å²) in [5.74, 6) is -2.60. The molecule has 0 bridgehead atoms. The lowest BCUT2D eigenvalue weighted by Gasteiger charge is -2.17. The Hall–Kier alpha value is -2.28. The second-order valence-electron chi connectivity index (χ2n) is 7.01. The molecule has 0 radical (unpaired) electrons. The lowest BCUT2D eigenvalue weighted by Crippen LogP contribution is -2.31. The van der Waals surface area contributed by atoms with Crippen LogP contribution < -0.4 is 15.5 Å². The standard InChI is InChI=1S/C23H20BrF2IN2O4/c1-13-9-14(27)7-8-19(13)28-22-17(10-18(24)20(25)21(22)26)23(31)29-33-12-15(30)11-32-16-5-3-2-4-6-16/h2-10,15,28,30H,11-12H2,1H3,(H,29,31). The minimum atomic E-state index is -1.22. The van der Waals surface area contributed by atoms with Crippen molar-refractivity contribution in [2.75, 3.05) is 18.5 Å². The van der Waals surface area contributed by atoms with Crippen LogP contribution in [0.25, 0.3) is 0 Å². The SMILES string of the molecule is Cc1cc(I)ccc1Nc1c(C(=O)NOCC(O)COc2ccccc2)cc(Br)c(F)c1F. The van der Waals surface area contributed by atoms with Crippen LogP contribution in [-0.4, -0.2) is 30.3 Å². The fourth-order valence-corrected chi connectivity index (χ4v) is 3.86. The minimum Gasteiger partial charge on any atom is -0.491 e. The van der Waals surface area contributed by atoms with Gasteiger partial charge in [-0.05, 0) is 87.4 Å². The molecular weight excluding hydrogens is 613 g/mol. The van der Waals surface area contributed by atoms with Crippen molar-refractivity contribution in [3.8, 4) is 5.75 Å². The fraction of sp³-hybridized carbons (Fsp3) is 0.174. The maximum absolute atomic E-state index is 14.7. The van der Waals surface area contributed by atoms with Crippen molar-refractivity contribution < 1.29 is 28.3 Å². The van der Waals surface area contributed by atoms with Crippen LogP contribution in [-0.2, 0) is 4.84 Å². The number of aliphatic hydroxyl groups is 1. The van der Waals surface area contributed by atoms with E-state index in [1.54, 1.807) is 43.3 Å². The Morgan fingerprint density at radius 3 is 2.55 bits per heavy atom. The number of aliphatic hydroxyl groups excluding tert-OH is 1. The van der Waals surface area contributed by atoms with E-state index in [1.165, 1.54) is 0 Å². The normalized spacial score (nSPS) is 11.7. The van der Waals surface area contributed by atoms with Gasteiger partial charge in [-0.2, -0.15) is 0 Å². The average molecular weight is 633 g/mol. The number of ether oxygens (including phenoxy) is 1. The van der Waals surface area contributed by atoms with Crippen LogP contribution in [0.15, 0.2) is 59.1 Å². The van der Waals surface area contributed by atoms with Crippen molar-refractivity contribution in [1.82, 2.24) is 5.48 Å². The van der Waals surface area contributed by atoms with Gasteiger partial charge in [-0.25, -0.2) is 14.3 Å². The fourth-order valence-electron chi connectivity index (χ4n) is 2.81. The van der Waals surface area contributed by atoms with Crippen LogP contribution >= 0.6 is 38.5 Å². The van der Waals surface area contributed by atoms with E-state index in [9.17, 15) is 18.7 Å². The van der Waals surface area contributed by atoms with Crippen LogP contribution in [0.1, 0.15) is 15.9 Å². The Morgan fingerprint density at radius 1 is 1.12 bits per heavy atom. The zero-order chi connectivity index (χ0) is 24.0. The van der Waals surface area contributed by atoms with Gasteiger partial charge in [-0.3, -0.25) is 9.63 Å². The first kappa shape index (κ1) is 25.3. The molecule has 3 N–H and O–H groups in total. The Bertz CT molecular complexity index is 1140. The lowest BCUT2D eigenvalue weighted by atomic mass is 10.1. The number of halogens is 4. The van der Waals surface area contributed by atoms with E-state index in [-0.39, 0.29) is 28.9 Å². The summed E-state index contributed by atoms with van der Waals surface area (Å²) in [4.78, 5) is 17.7. The first-order valence-corrected chi connectivity index (χ1v) is 11.6. The number of hydroxylamine groups is 1. The third-order valence-electron chi connectivity index (χ3n) is 4.48. The molecule has 0 spiro atoms. The van der Waals surface area contributed by atoms with Crippen molar-refractivity contribution in [3.05, 3.63) is 85.4 Å². The Labute approximate surface area is 211 Å². The monoisotopic (exact) mass is 632 g/mol. The molecule has 10 heteroatoms. The van der Waals surface area contributed by atoms with E-state index in [4.69, 9.17) is 9.57 Å². The van der Waals surface area contributed by atoms with Gasteiger partial charge in [0, 0.05) is 9.26 Å². The second-order valence-corrected chi connectivity index (χ2v) is 9.11. The molecule has 1 amide bonds. The molecule has 0 aliphatic heterocycles. The van der Waals surface area contributed by atoms with Gasteiger partial charge in [0.15, 0.2) is 11.6 Å². The zero-order valence-electron chi connectivity index (χ0n) is 17.4. The van der Waals surface area contributed by atoms with Crippen molar-refractivity contribution in [1.29, 1.82) is 0 Å². The average Bonchev–Trinajstić information content (AvgIpc) is 2.80. The van der Waals surface area contributed by atoms with Crippen LogP contribution in [0.2, 0.25) is 0 Å². The van der Waals surface area contributed by atoms with E-state index >= 15 is 0 Å². The van der Waals surface area contributed by atoms with E-state index in [1.807, 2.05) is 12.1 Å². The lowest BCUT2D eigenvalue weighted by molar-refractivity contribution is -0.0259. The molecule has 1 unspecified atom stereocenters. The van der Waals surface area contributed by atoms with E-state index in [0.29, 0.717) is 11.4 Å². The summed E-state index contributed by atoms with van der Waals surface area (Å²) in [6.45, 7) is 1.47. The predicted octanol–water partition coefficient (Wildman–Crippen LogP) is 5.49. The molecule has 0 saturated heterocycles. The molecule has 33 heavy (non-hydrogen) atoms. The largest absolute Gasteiger partial charge is 0.491 e. The van der Waals surface area contributed by atoms with Crippen LogP contribution in [0, 0.1) is 22.1 Å². The molecule has 3 aromatic rings. The Balaban J connectivity index is 1.67. The zero-order valence-corrected chi connectivity index (χ0v) is 21.1. The maximum atomic E-state index is 14.7. The highest BCUT2D eigenvalue weighted by Crippen LogP contribution is 2.32. The molecule has 0 aromatic heterocycles. The number of carbonyl (C=O) groups excluding carboxylic acids is 1. The van der Waals surface area contributed by atoms with Crippen molar-refractivity contribution in [2.24, 2.45) is 0 Å². The molecule has 6 nitrogen and oxygen atoms in total. The smallest absolute Gasteiger partial charge is 0.277 e. The van der Waals surface area contributed by atoms with Crippen LogP contribution in [0.3, 0.4) is 0 Å². The van der Waals surface area contributed by atoms with Crippen molar-refractivity contribution >= 4 is 55.8 Å². The molecule has 1 atom stereocenters. The number of rotatable bonds is 9. The third kappa shape index (κ3) is 6.85.